The summed E-state index contributed by atoms with van der Waals surface area (Å²) < 4.78 is 47.3. The monoisotopic (exact) mass is 546 g/mol. The summed E-state index contributed by atoms with van der Waals surface area (Å²) in [6.45, 7) is 3.91. The van der Waals surface area contributed by atoms with Crippen LogP contribution in [0.2, 0.25) is 0 Å². The SMILES string of the molecule is Cc1cn(-c2ccc(/C=C3\CC4(CCS(=O)(=O)C4)CN4C3=NCCC4c3ccc(F)cc3)c3c2OCC3)cn1. The molecule has 4 aliphatic heterocycles. The molecule has 2 saturated heterocycles. The molecule has 4 aliphatic rings. The number of benzene rings is 2. The summed E-state index contributed by atoms with van der Waals surface area (Å²) in [5, 5.41) is 0. The van der Waals surface area contributed by atoms with Crippen LogP contribution in [-0.4, -0.2) is 59.9 Å². The van der Waals surface area contributed by atoms with Crippen molar-refractivity contribution < 1.29 is 17.5 Å². The normalized spacial score (nSPS) is 26.4. The Labute approximate surface area is 228 Å². The first kappa shape index (κ1) is 24.6. The maximum Gasteiger partial charge on any atom is 0.150 e. The lowest BCUT2D eigenvalue weighted by Crippen LogP contribution is -2.51. The molecule has 3 aromatic rings. The fourth-order valence-electron chi connectivity index (χ4n) is 6.84. The number of piperidine rings is 1. The van der Waals surface area contributed by atoms with Gasteiger partial charge in [-0.25, -0.2) is 17.8 Å². The average molecular weight is 547 g/mol. The molecule has 1 aromatic heterocycles. The molecule has 39 heavy (non-hydrogen) atoms. The van der Waals surface area contributed by atoms with Gasteiger partial charge in [-0.05, 0) is 67.2 Å². The summed E-state index contributed by atoms with van der Waals surface area (Å²) in [6.07, 6.45) is 8.95. The van der Waals surface area contributed by atoms with Gasteiger partial charge in [-0.15, -0.1) is 0 Å². The van der Waals surface area contributed by atoms with Crippen molar-refractivity contribution in [3.05, 3.63) is 82.7 Å². The van der Waals surface area contributed by atoms with Gasteiger partial charge < -0.3 is 14.2 Å². The summed E-state index contributed by atoms with van der Waals surface area (Å²) in [4.78, 5) is 11.7. The second-order valence-corrected chi connectivity index (χ2v) is 13.6. The maximum absolute atomic E-state index is 13.7. The molecule has 7 rings (SSSR count). The number of sulfone groups is 1. The highest BCUT2D eigenvalue weighted by atomic mass is 32.2. The van der Waals surface area contributed by atoms with Gasteiger partial charge in [0.1, 0.15) is 17.4 Å². The molecule has 2 atom stereocenters. The number of rotatable bonds is 3. The van der Waals surface area contributed by atoms with Gasteiger partial charge in [-0.3, -0.25) is 4.99 Å². The van der Waals surface area contributed by atoms with E-state index in [9.17, 15) is 12.8 Å². The number of aromatic nitrogens is 2. The van der Waals surface area contributed by atoms with Crippen LogP contribution >= 0.6 is 0 Å². The van der Waals surface area contributed by atoms with Crippen LogP contribution in [0.25, 0.3) is 11.8 Å². The molecular formula is C30H31FN4O3S. The molecule has 5 heterocycles. The number of imidazole rings is 1. The molecule has 0 radical (unpaired) electrons. The lowest BCUT2D eigenvalue weighted by Gasteiger charge is -2.48. The number of fused-ring (bicyclic) bond motifs is 2. The highest BCUT2D eigenvalue weighted by molar-refractivity contribution is 7.91. The Morgan fingerprint density at radius 1 is 1.18 bits per heavy atom. The molecule has 0 bridgehead atoms. The Kier molecular flexibility index (Phi) is 5.70. The minimum atomic E-state index is -3.09. The molecule has 9 heteroatoms. The van der Waals surface area contributed by atoms with Gasteiger partial charge in [0, 0.05) is 36.7 Å². The van der Waals surface area contributed by atoms with E-state index < -0.39 is 9.84 Å². The summed E-state index contributed by atoms with van der Waals surface area (Å²) in [7, 11) is -3.09. The molecule has 0 saturated carbocycles. The standard InChI is InChI=1S/C30H31FN4O3S/c1-20-16-34(19-33-20)27-7-4-22(25-9-12-38-28(25)27)14-23-15-30(10-13-39(36,37)18-30)17-35-26(8-11-32-29(23)35)21-2-5-24(31)6-3-21/h2-7,14,16,19,26H,8-13,15,17-18H2,1H3/b23-14+. The minimum absolute atomic E-state index is 0.0304. The van der Waals surface area contributed by atoms with Crippen molar-refractivity contribution >= 4 is 21.7 Å². The minimum Gasteiger partial charge on any atom is -0.491 e. The second kappa shape index (κ2) is 9.05. The van der Waals surface area contributed by atoms with Crippen LogP contribution < -0.4 is 4.74 Å². The van der Waals surface area contributed by atoms with E-state index in [0.717, 1.165) is 58.1 Å². The van der Waals surface area contributed by atoms with E-state index in [1.807, 2.05) is 29.8 Å². The fraction of sp³-hybridized carbons (Fsp3) is 0.400. The number of hydrogen-bond acceptors (Lipinski definition) is 6. The first-order chi connectivity index (χ1) is 18.8. The zero-order chi connectivity index (χ0) is 26.8. The Balaban J connectivity index is 1.32. The van der Waals surface area contributed by atoms with Crippen LogP contribution in [0.1, 0.15) is 47.7 Å². The van der Waals surface area contributed by atoms with Crippen LogP contribution in [0.4, 0.5) is 4.39 Å². The van der Waals surface area contributed by atoms with Crippen molar-refractivity contribution in [1.82, 2.24) is 14.5 Å². The summed E-state index contributed by atoms with van der Waals surface area (Å²) in [5.41, 5.74) is 5.91. The predicted octanol–water partition coefficient (Wildman–Crippen LogP) is 4.69. The lowest BCUT2D eigenvalue weighted by atomic mass is 9.75. The Morgan fingerprint density at radius 2 is 2.03 bits per heavy atom. The molecule has 0 amide bonds. The van der Waals surface area contributed by atoms with E-state index in [1.165, 1.54) is 12.1 Å². The molecular weight excluding hydrogens is 515 g/mol. The highest BCUT2D eigenvalue weighted by Crippen LogP contribution is 2.47. The number of ether oxygens (including phenoxy) is 1. The maximum atomic E-state index is 13.7. The van der Waals surface area contributed by atoms with Crippen LogP contribution in [0.15, 0.2) is 59.5 Å². The molecule has 2 unspecified atom stereocenters. The Morgan fingerprint density at radius 3 is 2.77 bits per heavy atom. The van der Waals surface area contributed by atoms with E-state index in [2.05, 4.69) is 28.1 Å². The van der Waals surface area contributed by atoms with Crippen molar-refractivity contribution in [3.63, 3.8) is 0 Å². The van der Waals surface area contributed by atoms with Crippen molar-refractivity contribution in [2.24, 2.45) is 10.4 Å². The predicted molar refractivity (Wildman–Crippen MR) is 149 cm³/mol. The molecule has 0 aliphatic carbocycles. The molecule has 2 aromatic carbocycles. The quantitative estimate of drug-likeness (QED) is 0.476. The fourth-order valence-corrected chi connectivity index (χ4v) is 9.00. The smallest absolute Gasteiger partial charge is 0.150 e. The van der Waals surface area contributed by atoms with Gasteiger partial charge in [-0.2, -0.15) is 0 Å². The topological polar surface area (TPSA) is 76.8 Å². The van der Waals surface area contributed by atoms with Gasteiger partial charge >= 0.3 is 0 Å². The van der Waals surface area contributed by atoms with Crippen molar-refractivity contribution in [2.75, 3.05) is 31.2 Å². The first-order valence-corrected chi connectivity index (χ1v) is 15.4. The molecule has 0 N–H and O–H groups in total. The van der Waals surface area contributed by atoms with E-state index in [-0.39, 0.29) is 28.8 Å². The van der Waals surface area contributed by atoms with Crippen molar-refractivity contribution in [2.45, 2.75) is 38.6 Å². The zero-order valence-corrected chi connectivity index (χ0v) is 22.8. The van der Waals surface area contributed by atoms with Gasteiger partial charge in [0.25, 0.3) is 0 Å². The van der Waals surface area contributed by atoms with Gasteiger partial charge in [-0.1, -0.05) is 18.2 Å². The van der Waals surface area contributed by atoms with E-state index in [1.54, 1.807) is 6.33 Å². The molecule has 202 valence electrons. The largest absolute Gasteiger partial charge is 0.491 e. The highest BCUT2D eigenvalue weighted by Gasteiger charge is 2.49. The van der Waals surface area contributed by atoms with E-state index in [0.29, 0.717) is 32.5 Å². The zero-order valence-electron chi connectivity index (χ0n) is 21.9. The number of amidine groups is 1. The van der Waals surface area contributed by atoms with Gasteiger partial charge in [0.15, 0.2) is 9.84 Å². The van der Waals surface area contributed by atoms with Crippen LogP contribution in [0.5, 0.6) is 5.75 Å². The van der Waals surface area contributed by atoms with Crippen LogP contribution in [-0.2, 0) is 16.3 Å². The van der Waals surface area contributed by atoms with Gasteiger partial charge in [0.2, 0.25) is 0 Å². The van der Waals surface area contributed by atoms with Crippen molar-refractivity contribution in [1.29, 1.82) is 0 Å². The Bertz CT molecular complexity index is 1630. The third-order valence-electron chi connectivity index (χ3n) is 8.59. The third kappa shape index (κ3) is 4.36. The van der Waals surface area contributed by atoms with E-state index in [4.69, 9.17) is 9.73 Å². The number of nitrogens with zero attached hydrogens (tertiary/aromatic N) is 4. The Hall–Kier alpha value is -3.46. The van der Waals surface area contributed by atoms with Gasteiger partial charge in [0.05, 0.1) is 41.9 Å². The summed E-state index contributed by atoms with van der Waals surface area (Å²) >= 11 is 0. The number of halogens is 1. The van der Waals surface area contributed by atoms with Crippen LogP contribution in [0.3, 0.4) is 0 Å². The first-order valence-electron chi connectivity index (χ1n) is 13.6. The number of aliphatic imine (C=N–C) groups is 1. The summed E-state index contributed by atoms with van der Waals surface area (Å²) in [6, 6.07) is 10.9. The van der Waals surface area contributed by atoms with Crippen molar-refractivity contribution in [3.8, 4) is 11.4 Å². The summed E-state index contributed by atoms with van der Waals surface area (Å²) in [5.74, 6) is 1.97. The third-order valence-corrected chi connectivity index (χ3v) is 10.5. The second-order valence-electron chi connectivity index (χ2n) is 11.4. The number of hydrogen-bond donors (Lipinski definition) is 0. The lowest BCUT2D eigenvalue weighted by molar-refractivity contribution is 0.165. The number of aryl methyl sites for hydroxylation is 1. The molecule has 2 fully saturated rings. The average Bonchev–Trinajstić information content (AvgIpc) is 3.64. The van der Waals surface area contributed by atoms with Crippen LogP contribution in [0, 0.1) is 18.2 Å². The molecule has 7 nitrogen and oxygen atoms in total. The molecule has 1 spiro atoms. The van der Waals surface area contributed by atoms with E-state index >= 15 is 0 Å².